The number of para-hydroxylation sites is 1. The third kappa shape index (κ3) is 7.88. The number of nitrogens with one attached hydrogen (secondary N) is 2. The smallest absolute Gasteiger partial charge is 0.321 e. The SMILES string of the molecule is CCNC(=O)NC(=O)COC(=O)CCCOc1ccccc1. The van der Waals surface area contributed by atoms with Crippen molar-refractivity contribution in [3.05, 3.63) is 30.3 Å². The van der Waals surface area contributed by atoms with Crippen molar-refractivity contribution in [3.63, 3.8) is 0 Å². The molecular formula is C15H20N2O5. The van der Waals surface area contributed by atoms with Crippen LogP contribution >= 0.6 is 0 Å². The van der Waals surface area contributed by atoms with Crippen LogP contribution in [-0.4, -0.2) is 37.7 Å². The van der Waals surface area contributed by atoms with E-state index < -0.39 is 24.5 Å². The average molecular weight is 308 g/mol. The Bertz CT molecular complexity index is 490. The molecule has 22 heavy (non-hydrogen) atoms. The molecule has 7 nitrogen and oxygen atoms in total. The molecule has 1 aromatic carbocycles. The van der Waals surface area contributed by atoms with E-state index in [0.29, 0.717) is 19.6 Å². The van der Waals surface area contributed by atoms with Crippen LogP contribution < -0.4 is 15.4 Å². The van der Waals surface area contributed by atoms with Crippen LogP contribution in [0.3, 0.4) is 0 Å². The normalized spacial score (nSPS) is 9.68. The van der Waals surface area contributed by atoms with Gasteiger partial charge in [0.1, 0.15) is 5.75 Å². The van der Waals surface area contributed by atoms with E-state index in [2.05, 4.69) is 5.32 Å². The van der Waals surface area contributed by atoms with Gasteiger partial charge < -0.3 is 14.8 Å². The fourth-order valence-corrected chi connectivity index (χ4v) is 1.51. The summed E-state index contributed by atoms with van der Waals surface area (Å²) in [6, 6.07) is 8.64. The highest BCUT2D eigenvalue weighted by Crippen LogP contribution is 2.08. The highest BCUT2D eigenvalue weighted by molar-refractivity contribution is 5.95. The van der Waals surface area contributed by atoms with Crippen LogP contribution in [0.25, 0.3) is 0 Å². The second-order valence-corrected chi connectivity index (χ2v) is 4.33. The molecule has 0 atom stereocenters. The van der Waals surface area contributed by atoms with Crippen LogP contribution in [0.4, 0.5) is 4.79 Å². The summed E-state index contributed by atoms with van der Waals surface area (Å²) in [5, 5.41) is 4.43. The molecule has 1 rings (SSSR count). The Morgan fingerprint density at radius 1 is 1.14 bits per heavy atom. The Balaban J connectivity index is 2.08. The summed E-state index contributed by atoms with van der Waals surface area (Å²) in [7, 11) is 0. The predicted molar refractivity (Wildman–Crippen MR) is 79.3 cm³/mol. The molecule has 0 fully saturated rings. The molecule has 0 heterocycles. The Hall–Kier alpha value is -2.57. The molecule has 0 saturated heterocycles. The standard InChI is InChI=1S/C15H20N2O5/c1-2-16-15(20)17-13(18)11-22-14(19)9-6-10-21-12-7-4-3-5-8-12/h3-5,7-8H,2,6,9-11H2,1H3,(H2,16,17,18,20). The lowest BCUT2D eigenvalue weighted by molar-refractivity contribution is -0.148. The number of amides is 3. The second-order valence-electron chi connectivity index (χ2n) is 4.33. The van der Waals surface area contributed by atoms with Crippen molar-refractivity contribution in [1.29, 1.82) is 0 Å². The molecule has 7 heteroatoms. The average Bonchev–Trinajstić information content (AvgIpc) is 2.51. The largest absolute Gasteiger partial charge is 0.494 e. The van der Waals surface area contributed by atoms with Gasteiger partial charge in [0.15, 0.2) is 6.61 Å². The van der Waals surface area contributed by atoms with E-state index in [9.17, 15) is 14.4 Å². The van der Waals surface area contributed by atoms with E-state index in [1.807, 2.05) is 35.6 Å². The third-order valence-corrected chi connectivity index (χ3v) is 2.49. The molecule has 0 spiro atoms. The highest BCUT2D eigenvalue weighted by Gasteiger charge is 2.10. The maximum Gasteiger partial charge on any atom is 0.321 e. The van der Waals surface area contributed by atoms with E-state index in [1.165, 1.54) is 0 Å². The van der Waals surface area contributed by atoms with Gasteiger partial charge in [-0.25, -0.2) is 4.79 Å². The minimum atomic E-state index is -0.667. The highest BCUT2D eigenvalue weighted by atomic mass is 16.5. The molecule has 0 saturated carbocycles. The summed E-state index contributed by atoms with van der Waals surface area (Å²) in [4.78, 5) is 33.7. The number of imide groups is 1. The molecule has 120 valence electrons. The van der Waals surface area contributed by atoms with Crippen molar-refractivity contribution in [2.24, 2.45) is 0 Å². The van der Waals surface area contributed by atoms with Crippen LogP contribution in [0, 0.1) is 0 Å². The molecule has 0 unspecified atom stereocenters. The first kappa shape index (κ1) is 17.5. The summed E-state index contributed by atoms with van der Waals surface area (Å²) in [5.41, 5.74) is 0. The van der Waals surface area contributed by atoms with Crippen molar-refractivity contribution in [2.75, 3.05) is 19.8 Å². The van der Waals surface area contributed by atoms with Gasteiger partial charge in [-0.3, -0.25) is 14.9 Å². The van der Waals surface area contributed by atoms with Crippen LogP contribution in [0.5, 0.6) is 5.75 Å². The third-order valence-electron chi connectivity index (χ3n) is 2.49. The van der Waals surface area contributed by atoms with Gasteiger partial charge in [0, 0.05) is 13.0 Å². The van der Waals surface area contributed by atoms with E-state index >= 15 is 0 Å². The first-order chi connectivity index (χ1) is 10.6. The topological polar surface area (TPSA) is 93.7 Å². The fourth-order valence-electron chi connectivity index (χ4n) is 1.51. The number of carbonyl (C=O) groups is 3. The van der Waals surface area contributed by atoms with Gasteiger partial charge in [0.25, 0.3) is 5.91 Å². The van der Waals surface area contributed by atoms with E-state index in [0.717, 1.165) is 5.75 Å². The Labute approximate surface area is 129 Å². The zero-order valence-electron chi connectivity index (χ0n) is 12.5. The summed E-state index contributed by atoms with van der Waals surface area (Å²) >= 11 is 0. The molecule has 0 aromatic heterocycles. The molecule has 0 radical (unpaired) electrons. The minimum Gasteiger partial charge on any atom is -0.494 e. The van der Waals surface area contributed by atoms with Crippen LogP contribution in [0.2, 0.25) is 0 Å². The summed E-state index contributed by atoms with van der Waals surface area (Å²) < 4.78 is 10.2. The quantitative estimate of drug-likeness (QED) is 0.556. The number of hydrogen-bond donors (Lipinski definition) is 2. The van der Waals surface area contributed by atoms with Crippen LogP contribution in [0.1, 0.15) is 19.8 Å². The van der Waals surface area contributed by atoms with Crippen molar-refractivity contribution >= 4 is 17.9 Å². The lowest BCUT2D eigenvalue weighted by atomic mass is 10.3. The van der Waals surface area contributed by atoms with Gasteiger partial charge in [-0.1, -0.05) is 18.2 Å². The number of hydrogen-bond acceptors (Lipinski definition) is 5. The van der Waals surface area contributed by atoms with Crippen molar-refractivity contribution < 1.29 is 23.9 Å². The second kappa shape index (κ2) is 10.2. The number of benzene rings is 1. The van der Waals surface area contributed by atoms with Crippen LogP contribution in [-0.2, 0) is 14.3 Å². The molecule has 0 aliphatic heterocycles. The van der Waals surface area contributed by atoms with E-state index in [1.54, 1.807) is 6.92 Å². The lowest BCUT2D eigenvalue weighted by Crippen LogP contribution is -2.41. The molecule has 2 N–H and O–H groups in total. The Kier molecular flexibility index (Phi) is 8.10. The van der Waals surface area contributed by atoms with Crippen LogP contribution in [0.15, 0.2) is 30.3 Å². The molecule has 0 aliphatic carbocycles. The van der Waals surface area contributed by atoms with Gasteiger partial charge in [0.2, 0.25) is 0 Å². The van der Waals surface area contributed by atoms with Gasteiger partial charge in [-0.2, -0.15) is 0 Å². The monoisotopic (exact) mass is 308 g/mol. The van der Waals surface area contributed by atoms with Gasteiger partial charge in [0.05, 0.1) is 6.61 Å². The number of ether oxygens (including phenoxy) is 2. The summed E-state index contributed by atoms with van der Waals surface area (Å²) in [6.07, 6.45) is 0.618. The summed E-state index contributed by atoms with van der Waals surface area (Å²) in [5.74, 6) is -0.445. The summed E-state index contributed by atoms with van der Waals surface area (Å²) in [6.45, 7) is 2.03. The van der Waals surface area contributed by atoms with Gasteiger partial charge in [-0.15, -0.1) is 0 Å². The molecular weight excluding hydrogens is 288 g/mol. The van der Waals surface area contributed by atoms with Gasteiger partial charge in [-0.05, 0) is 25.5 Å². The molecule has 1 aromatic rings. The van der Waals surface area contributed by atoms with Crippen molar-refractivity contribution in [3.8, 4) is 5.75 Å². The van der Waals surface area contributed by atoms with Crippen molar-refractivity contribution in [1.82, 2.24) is 10.6 Å². The maximum absolute atomic E-state index is 11.4. The first-order valence-electron chi connectivity index (χ1n) is 7.03. The maximum atomic E-state index is 11.4. The number of urea groups is 1. The Morgan fingerprint density at radius 2 is 1.86 bits per heavy atom. The lowest BCUT2D eigenvalue weighted by Gasteiger charge is -2.07. The van der Waals surface area contributed by atoms with E-state index in [-0.39, 0.29) is 6.42 Å². The van der Waals surface area contributed by atoms with Crippen molar-refractivity contribution in [2.45, 2.75) is 19.8 Å². The zero-order valence-corrected chi connectivity index (χ0v) is 12.5. The molecule has 3 amide bonds. The Morgan fingerprint density at radius 3 is 2.55 bits per heavy atom. The number of carbonyl (C=O) groups excluding carboxylic acids is 3. The number of esters is 1. The van der Waals surface area contributed by atoms with E-state index in [4.69, 9.17) is 9.47 Å². The number of rotatable bonds is 8. The zero-order chi connectivity index (χ0) is 16.2. The van der Waals surface area contributed by atoms with Gasteiger partial charge >= 0.3 is 12.0 Å². The predicted octanol–water partition coefficient (Wildman–Crippen LogP) is 1.23. The molecule has 0 aliphatic rings. The fraction of sp³-hybridized carbons (Fsp3) is 0.400. The first-order valence-corrected chi connectivity index (χ1v) is 7.03. The molecule has 0 bridgehead atoms. The minimum absolute atomic E-state index is 0.140.